The fraction of sp³-hybridized carbons (Fsp3) is 0.292. The second-order valence-electron chi connectivity index (χ2n) is 8.07. The van der Waals surface area contributed by atoms with Gasteiger partial charge in [-0.05, 0) is 62.1 Å². The van der Waals surface area contributed by atoms with Gasteiger partial charge in [0.2, 0.25) is 11.7 Å². The lowest BCUT2D eigenvalue weighted by Gasteiger charge is -2.27. The molecule has 4 aromatic rings. The summed E-state index contributed by atoms with van der Waals surface area (Å²) in [6.45, 7) is 4.03. The Balaban J connectivity index is 1.70. The lowest BCUT2D eigenvalue weighted by molar-refractivity contribution is 0.397. The van der Waals surface area contributed by atoms with E-state index in [0.29, 0.717) is 12.4 Å². The maximum absolute atomic E-state index is 13.6. The first-order valence-electron chi connectivity index (χ1n) is 10.4. The number of hydrogen-bond acceptors (Lipinski definition) is 6. The normalized spacial score (nSPS) is 15.2. The molecule has 0 saturated heterocycles. The Morgan fingerprint density at radius 2 is 1.94 bits per heavy atom. The highest BCUT2D eigenvalue weighted by atomic mass is 32.1. The first-order chi connectivity index (χ1) is 15.4. The molecule has 1 aliphatic rings. The number of thiazole rings is 1. The van der Waals surface area contributed by atoms with Crippen molar-refractivity contribution < 1.29 is 9.13 Å². The summed E-state index contributed by atoms with van der Waals surface area (Å²) in [4.78, 5) is 23.8. The molecule has 2 aromatic heterocycles. The minimum absolute atomic E-state index is 0.0697. The van der Waals surface area contributed by atoms with Crippen LogP contribution in [-0.2, 0) is 6.42 Å². The van der Waals surface area contributed by atoms with E-state index in [-0.39, 0.29) is 23.2 Å². The average molecular weight is 451 g/mol. The van der Waals surface area contributed by atoms with Gasteiger partial charge in [-0.1, -0.05) is 12.1 Å². The molecule has 0 aliphatic carbocycles. The van der Waals surface area contributed by atoms with Crippen LogP contribution in [0.2, 0.25) is 0 Å². The number of nitrogens with zero attached hydrogens (tertiary/aromatic N) is 4. The van der Waals surface area contributed by atoms with E-state index in [1.54, 1.807) is 23.5 Å². The molecule has 0 N–H and O–H groups in total. The number of aryl methyl sites for hydroxylation is 2. The standard InChI is InChI=1S/C24H23FN4O2S/c1-13-11-17-21(32-14(2)26-17)12-20(13)28(3)24-27-23(30)22(31-4)19-10-9-18(29(19)24)15-5-7-16(25)8-6-15/h5-8,11-12,18H,9-10H2,1-4H3. The molecule has 1 aliphatic heterocycles. The molecule has 0 saturated carbocycles. The highest BCUT2D eigenvalue weighted by molar-refractivity contribution is 7.18. The van der Waals surface area contributed by atoms with Crippen molar-refractivity contribution in [3.05, 3.63) is 74.4 Å². The van der Waals surface area contributed by atoms with Crippen LogP contribution >= 0.6 is 11.3 Å². The van der Waals surface area contributed by atoms with Gasteiger partial charge in [-0.25, -0.2) is 9.37 Å². The number of hydrogen-bond donors (Lipinski definition) is 0. The third kappa shape index (κ3) is 3.26. The van der Waals surface area contributed by atoms with Crippen molar-refractivity contribution in [2.24, 2.45) is 0 Å². The van der Waals surface area contributed by atoms with Crippen molar-refractivity contribution in [2.45, 2.75) is 32.7 Å². The number of halogens is 1. The van der Waals surface area contributed by atoms with Gasteiger partial charge in [-0.15, -0.1) is 11.3 Å². The highest BCUT2D eigenvalue weighted by Crippen LogP contribution is 2.40. The van der Waals surface area contributed by atoms with Gasteiger partial charge in [0, 0.05) is 12.7 Å². The fourth-order valence-electron chi connectivity index (χ4n) is 4.61. The summed E-state index contributed by atoms with van der Waals surface area (Å²) in [6, 6.07) is 10.6. The topological polar surface area (TPSA) is 60.2 Å². The Bertz CT molecular complexity index is 1390. The number of rotatable bonds is 4. The van der Waals surface area contributed by atoms with Crippen molar-refractivity contribution >= 4 is 33.2 Å². The largest absolute Gasteiger partial charge is 0.490 e. The summed E-state index contributed by atoms with van der Waals surface area (Å²) in [5, 5.41) is 1.01. The van der Waals surface area contributed by atoms with E-state index < -0.39 is 0 Å². The smallest absolute Gasteiger partial charge is 0.317 e. The van der Waals surface area contributed by atoms with Crippen LogP contribution < -0.4 is 15.2 Å². The summed E-state index contributed by atoms with van der Waals surface area (Å²) in [5.74, 6) is 0.544. The molecule has 8 heteroatoms. The number of methoxy groups -OCH3 is 1. The minimum Gasteiger partial charge on any atom is -0.490 e. The van der Waals surface area contributed by atoms with Crippen molar-refractivity contribution in [1.29, 1.82) is 0 Å². The molecule has 1 unspecified atom stereocenters. The molecule has 3 heterocycles. The zero-order valence-electron chi connectivity index (χ0n) is 18.3. The minimum atomic E-state index is -0.382. The van der Waals surface area contributed by atoms with Gasteiger partial charge >= 0.3 is 5.56 Å². The van der Waals surface area contributed by atoms with E-state index in [2.05, 4.69) is 26.7 Å². The van der Waals surface area contributed by atoms with E-state index >= 15 is 0 Å². The Morgan fingerprint density at radius 3 is 2.66 bits per heavy atom. The van der Waals surface area contributed by atoms with Gasteiger partial charge in [0.05, 0.1) is 34.1 Å². The van der Waals surface area contributed by atoms with Crippen LogP contribution in [-0.4, -0.2) is 28.7 Å². The van der Waals surface area contributed by atoms with Crippen molar-refractivity contribution in [3.8, 4) is 5.75 Å². The summed E-state index contributed by atoms with van der Waals surface area (Å²) < 4.78 is 22.1. The molecule has 0 spiro atoms. The molecule has 1 atom stereocenters. The molecule has 32 heavy (non-hydrogen) atoms. The fourth-order valence-corrected chi connectivity index (χ4v) is 5.45. The molecular formula is C24H23FN4O2S. The molecule has 164 valence electrons. The lowest BCUT2D eigenvalue weighted by Crippen LogP contribution is -2.27. The molecule has 0 amide bonds. The van der Waals surface area contributed by atoms with Gasteiger partial charge in [-0.2, -0.15) is 4.98 Å². The van der Waals surface area contributed by atoms with Crippen molar-refractivity contribution in [1.82, 2.24) is 14.5 Å². The van der Waals surface area contributed by atoms with Crippen LogP contribution in [0.4, 0.5) is 16.0 Å². The zero-order chi connectivity index (χ0) is 22.6. The summed E-state index contributed by atoms with van der Waals surface area (Å²) in [5.41, 5.74) is 4.37. The number of anilines is 2. The Labute approximate surface area is 188 Å². The molecule has 2 aromatic carbocycles. The summed E-state index contributed by atoms with van der Waals surface area (Å²) in [6.07, 6.45) is 1.45. The van der Waals surface area contributed by atoms with Crippen molar-refractivity contribution in [2.75, 3.05) is 19.1 Å². The SMILES string of the molecule is COc1c2n(c(N(C)c3cc4sc(C)nc4cc3C)nc1=O)C(c1ccc(F)cc1)CC2. The number of fused-ring (bicyclic) bond motifs is 2. The lowest BCUT2D eigenvalue weighted by atomic mass is 10.0. The van der Waals surface area contributed by atoms with Crippen LogP contribution in [0.5, 0.6) is 5.75 Å². The van der Waals surface area contributed by atoms with E-state index in [1.165, 1.54) is 19.2 Å². The quantitative estimate of drug-likeness (QED) is 0.442. The molecule has 5 rings (SSSR count). The number of aromatic nitrogens is 3. The third-order valence-electron chi connectivity index (χ3n) is 6.06. The van der Waals surface area contributed by atoms with E-state index in [4.69, 9.17) is 4.74 Å². The maximum atomic E-state index is 13.6. The number of benzene rings is 2. The molecule has 0 fully saturated rings. The molecule has 0 bridgehead atoms. The van der Waals surface area contributed by atoms with Crippen LogP contribution in [0, 0.1) is 19.7 Å². The van der Waals surface area contributed by atoms with Crippen molar-refractivity contribution in [3.63, 3.8) is 0 Å². The molecule has 0 radical (unpaired) electrons. The predicted molar refractivity (Wildman–Crippen MR) is 125 cm³/mol. The van der Waals surface area contributed by atoms with E-state index in [1.807, 2.05) is 25.8 Å². The second kappa shape index (κ2) is 7.70. The monoisotopic (exact) mass is 450 g/mol. The summed E-state index contributed by atoms with van der Waals surface area (Å²) >= 11 is 1.64. The van der Waals surface area contributed by atoms with Gasteiger partial charge in [0.25, 0.3) is 0 Å². The van der Waals surface area contributed by atoms with Crippen LogP contribution in [0.1, 0.15) is 34.3 Å². The zero-order valence-corrected chi connectivity index (χ0v) is 19.2. The average Bonchev–Trinajstić information content (AvgIpc) is 3.35. The predicted octanol–water partition coefficient (Wildman–Crippen LogP) is 4.92. The third-order valence-corrected chi connectivity index (χ3v) is 7.00. The van der Waals surface area contributed by atoms with Gasteiger partial charge in [0.15, 0.2) is 0 Å². The molecule has 6 nitrogen and oxygen atoms in total. The Kier molecular flexibility index (Phi) is 4.97. The van der Waals surface area contributed by atoms with Gasteiger partial charge < -0.3 is 14.2 Å². The number of ether oxygens (including phenoxy) is 1. The maximum Gasteiger partial charge on any atom is 0.317 e. The Morgan fingerprint density at radius 1 is 1.19 bits per heavy atom. The molecular weight excluding hydrogens is 427 g/mol. The first kappa shape index (κ1) is 20.6. The van der Waals surface area contributed by atoms with Crippen LogP contribution in [0.3, 0.4) is 0 Å². The Hall–Kier alpha value is -3.26. The van der Waals surface area contributed by atoms with E-state index in [9.17, 15) is 9.18 Å². The van der Waals surface area contributed by atoms with Gasteiger partial charge in [-0.3, -0.25) is 4.79 Å². The van der Waals surface area contributed by atoms with E-state index in [0.717, 1.165) is 44.2 Å². The highest BCUT2D eigenvalue weighted by Gasteiger charge is 2.32. The second-order valence-corrected chi connectivity index (χ2v) is 9.31. The van der Waals surface area contributed by atoms with Crippen LogP contribution in [0.15, 0.2) is 41.2 Å². The van der Waals surface area contributed by atoms with Gasteiger partial charge in [0.1, 0.15) is 5.82 Å². The van der Waals surface area contributed by atoms with Crippen LogP contribution in [0.25, 0.3) is 10.2 Å². The first-order valence-corrected chi connectivity index (χ1v) is 11.3. The summed E-state index contributed by atoms with van der Waals surface area (Å²) in [7, 11) is 3.42.